The van der Waals surface area contributed by atoms with Gasteiger partial charge in [0.15, 0.2) is 11.5 Å². The number of amides is 1. The van der Waals surface area contributed by atoms with E-state index in [2.05, 4.69) is 10.4 Å². The van der Waals surface area contributed by atoms with Crippen LogP contribution in [0.1, 0.15) is 22.3 Å². The van der Waals surface area contributed by atoms with Crippen LogP contribution in [0.3, 0.4) is 0 Å². The summed E-state index contributed by atoms with van der Waals surface area (Å²) in [6.07, 6.45) is 3.92. The lowest BCUT2D eigenvalue weighted by molar-refractivity contribution is 0.100. The molecule has 1 amide bonds. The summed E-state index contributed by atoms with van der Waals surface area (Å²) in [4.78, 5) is 44.1. The fraction of sp³-hybridized carbons (Fsp3) is 0.172. The monoisotopic (exact) mass is 524 g/mol. The minimum absolute atomic E-state index is 0.204. The molecule has 0 atom stereocenters. The summed E-state index contributed by atoms with van der Waals surface area (Å²) in [5.41, 5.74) is 3.81. The van der Waals surface area contributed by atoms with E-state index in [9.17, 15) is 14.4 Å². The molecule has 0 aliphatic carbocycles. The highest BCUT2D eigenvalue weighted by Gasteiger charge is 2.15. The van der Waals surface area contributed by atoms with E-state index < -0.39 is 11.5 Å². The first-order valence-electron chi connectivity index (χ1n) is 12.4. The molecule has 1 aliphatic rings. The predicted molar refractivity (Wildman–Crippen MR) is 146 cm³/mol. The Bertz CT molecular complexity index is 1860. The molecule has 39 heavy (non-hydrogen) atoms. The quantitative estimate of drug-likeness (QED) is 0.351. The molecule has 0 fully saturated rings. The van der Waals surface area contributed by atoms with Crippen LogP contribution in [0.5, 0.6) is 17.2 Å². The van der Waals surface area contributed by atoms with E-state index in [-0.39, 0.29) is 16.5 Å². The highest BCUT2D eigenvalue weighted by atomic mass is 16.5. The number of nitrogens with one attached hydrogen (secondary N) is 1. The van der Waals surface area contributed by atoms with Gasteiger partial charge in [-0.05, 0) is 48.0 Å². The van der Waals surface area contributed by atoms with Crippen molar-refractivity contribution in [1.29, 1.82) is 0 Å². The lowest BCUT2D eigenvalue weighted by atomic mass is 10.1. The minimum Gasteiger partial charge on any atom is -0.496 e. The van der Waals surface area contributed by atoms with E-state index in [1.807, 2.05) is 18.2 Å². The summed E-state index contributed by atoms with van der Waals surface area (Å²) >= 11 is 0. The average Bonchev–Trinajstić information content (AvgIpc) is 3.20. The van der Waals surface area contributed by atoms with Crippen LogP contribution < -0.4 is 30.8 Å². The van der Waals surface area contributed by atoms with Crippen molar-refractivity contribution in [2.24, 2.45) is 0 Å². The van der Waals surface area contributed by atoms with E-state index in [4.69, 9.17) is 14.2 Å². The number of methoxy groups -OCH3 is 1. The van der Waals surface area contributed by atoms with Gasteiger partial charge in [-0.3, -0.25) is 19.8 Å². The largest absolute Gasteiger partial charge is 0.496 e. The molecular formula is C29H24N4O6. The third-order valence-electron chi connectivity index (χ3n) is 6.55. The van der Waals surface area contributed by atoms with Gasteiger partial charge < -0.3 is 18.8 Å². The fourth-order valence-corrected chi connectivity index (χ4v) is 4.58. The molecular weight excluding hydrogens is 500 g/mol. The van der Waals surface area contributed by atoms with Crippen LogP contribution in [0.4, 0.5) is 0 Å². The Kier molecular flexibility index (Phi) is 6.20. The van der Waals surface area contributed by atoms with Gasteiger partial charge in [0.2, 0.25) is 0 Å². The van der Waals surface area contributed by atoms with Gasteiger partial charge in [0, 0.05) is 18.8 Å². The average molecular weight is 525 g/mol. The molecule has 4 heterocycles. The topological polar surface area (TPSA) is 114 Å². The second-order valence-corrected chi connectivity index (χ2v) is 9.07. The summed E-state index contributed by atoms with van der Waals surface area (Å²) < 4.78 is 19.3. The predicted octanol–water partition coefficient (Wildman–Crippen LogP) is 3.31. The van der Waals surface area contributed by atoms with Crippen molar-refractivity contribution in [3.8, 4) is 17.2 Å². The second-order valence-electron chi connectivity index (χ2n) is 9.07. The zero-order chi connectivity index (χ0) is 26.9. The van der Waals surface area contributed by atoms with Crippen LogP contribution >= 0.6 is 0 Å². The molecule has 10 heteroatoms. The molecule has 1 N–H and O–H groups in total. The van der Waals surface area contributed by atoms with Gasteiger partial charge in [-0.1, -0.05) is 18.2 Å². The number of nitrogens with zero attached hydrogens (tertiary/aromatic N) is 3. The molecule has 0 unspecified atom stereocenters. The Morgan fingerprint density at radius 1 is 0.923 bits per heavy atom. The maximum absolute atomic E-state index is 13.4. The van der Waals surface area contributed by atoms with Crippen molar-refractivity contribution in [3.05, 3.63) is 105 Å². The molecule has 0 spiro atoms. The maximum Gasteiger partial charge on any atom is 0.278 e. The molecule has 5 aromatic rings. The normalized spacial score (nSPS) is 12.7. The number of carbonyl (C=O) groups is 1. The SMILES string of the molecule is COc1ccccc1C(=O)Nn1ccc2nc3ccn(Cc4ccc5c(c4)OCCCO5)c(=O)c3cc2c1=O. The summed E-state index contributed by atoms with van der Waals surface area (Å²) in [6.45, 7) is 1.47. The highest BCUT2D eigenvalue weighted by Crippen LogP contribution is 2.30. The van der Waals surface area contributed by atoms with Gasteiger partial charge in [0.1, 0.15) is 5.75 Å². The van der Waals surface area contributed by atoms with Crippen LogP contribution in [-0.4, -0.2) is 40.5 Å². The lowest BCUT2D eigenvalue weighted by Crippen LogP contribution is -2.33. The smallest absolute Gasteiger partial charge is 0.278 e. The van der Waals surface area contributed by atoms with E-state index in [0.717, 1.165) is 16.7 Å². The van der Waals surface area contributed by atoms with E-state index in [1.54, 1.807) is 47.2 Å². The molecule has 0 saturated heterocycles. The Labute approximate surface area is 222 Å². The summed E-state index contributed by atoms with van der Waals surface area (Å²) in [5, 5.41) is 0.501. The van der Waals surface area contributed by atoms with Crippen molar-refractivity contribution >= 4 is 27.7 Å². The molecule has 196 valence electrons. The van der Waals surface area contributed by atoms with Crippen molar-refractivity contribution in [3.63, 3.8) is 0 Å². The number of pyridine rings is 3. The number of fused-ring (bicyclic) bond motifs is 3. The van der Waals surface area contributed by atoms with Crippen molar-refractivity contribution < 1.29 is 19.0 Å². The number of rotatable bonds is 5. The number of hydrogen-bond acceptors (Lipinski definition) is 7. The lowest BCUT2D eigenvalue weighted by Gasteiger charge is -2.12. The molecule has 6 rings (SSSR count). The van der Waals surface area contributed by atoms with Crippen LogP contribution in [-0.2, 0) is 6.54 Å². The Morgan fingerprint density at radius 2 is 1.67 bits per heavy atom. The van der Waals surface area contributed by atoms with Gasteiger partial charge in [0.05, 0.1) is 54.2 Å². The Hall–Kier alpha value is -5.12. The number of hydrogen-bond donors (Lipinski definition) is 1. The van der Waals surface area contributed by atoms with E-state index in [0.29, 0.717) is 53.4 Å². The van der Waals surface area contributed by atoms with Gasteiger partial charge in [-0.15, -0.1) is 0 Å². The third kappa shape index (κ3) is 4.56. The molecule has 0 saturated carbocycles. The second kappa shape index (κ2) is 9.97. The van der Waals surface area contributed by atoms with Crippen molar-refractivity contribution in [2.75, 3.05) is 25.7 Å². The Balaban J connectivity index is 1.35. The van der Waals surface area contributed by atoms with E-state index >= 15 is 0 Å². The van der Waals surface area contributed by atoms with Gasteiger partial charge in [0.25, 0.3) is 17.0 Å². The van der Waals surface area contributed by atoms with E-state index in [1.165, 1.54) is 19.4 Å². The molecule has 10 nitrogen and oxygen atoms in total. The standard InChI is InChI=1S/C29H24N4O6/c1-37-24-6-3-2-5-19(24)27(34)31-33-12-10-23-21(29(33)36)16-20-22(30-23)9-11-32(28(20)35)17-18-7-8-25-26(15-18)39-14-4-13-38-25/h2-3,5-12,15-16H,4,13-14,17H2,1H3,(H,31,34). The highest BCUT2D eigenvalue weighted by molar-refractivity contribution is 6.02. The first-order chi connectivity index (χ1) is 19.0. The minimum atomic E-state index is -0.514. The number of aromatic nitrogens is 3. The molecule has 3 aromatic heterocycles. The van der Waals surface area contributed by atoms with Crippen LogP contribution in [0.15, 0.2) is 82.6 Å². The van der Waals surface area contributed by atoms with Crippen LogP contribution in [0, 0.1) is 0 Å². The Morgan fingerprint density at radius 3 is 2.49 bits per heavy atom. The van der Waals surface area contributed by atoms with Crippen LogP contribution in [0.25, 0.3) is 21.8 Å². The van der Waals surface area contributed by atoms with Crippen molar-refractivity contribution in [1.82, 2.24) is 14.2 Å². The number of ether oxygens (including phenoxy) is 3. The van der Waals surface area contributed by atoms with Gasteiger partial charge in [-0.2, -0.15) is 0 Å². The van der Waals surface area contributed by atoms with Crippen molar-refractivity contribution in [2.45, 2.75) is 13.0 Å². The molecule has 0 bridgehead atoms. The molecule has 0 radical (unpaired) electrons. The number of benzene rings is 2. The third-order valence-corrected chi connectivity index (χ3v) is 6.55. The maximum atomic E-state index is 13.4. The van der Waals surface area contributed by atoms with Crippen LogP contribution in [0.2, 0.25) is 0 Å². The zero-order valence-electron chi connectivity index (χ0n) is 21.0. The summed E-state index contributed by atoms with van der Waals surface area (Å²) in [7, 11) is 1.47. The summed E-state index contributed by atoms with van der Waals surface area (Å²) in [6, 6.07) is 17.2. The summed E-state index contributed by atoms with van der Waals surface area (Å²) in [5.74, 6) is 1.21. The number of para-hydroxylation sites is 1. The number of carbonyl (C=O) groups excluding carboxylic acids is 1. The molecule has 1 aliphatic heterocycles. The fourth-order valence-electron chi connectivity index (χ4n) is 4.58. The first kappa shape index (κ1) is 24.2. The first-order valence-corrected chi connectivity index (χ1v) is 12.4. The molecule has 2 aromatic carbocycles. The van der Waals surface area contributed by atoms with Gasteiger partial charge in [-0.25, -0.2) is 9.66 Å². The zero-order valence-corrected chi connectivity index (χ0v) is 21.0. The van der Waals surface area contributed by atoms with Gasteiger partial charge >= 0.3 is 0 Å².